The van der Waals surface area contributed by atoms with E-state index in [1.807, 2.05) is 27.9 Å². The molecule has 1 N–H and O–H groups in total. The highest BCUT2D eigenvalue weighted by Crippen LogP contribution is 2.35. The molecule has 0 bridgehead atoms. The van der Waals surface area contributed by atoms with Crippen LogP contribution in [-0.2, 0) is 19.5 Å². The zero-order chi connectivity index (χ0) is 25.2. The zero-order valence-corrected chi connectivity index (χ0v) is 21.8. The number of aromatic nitrogens is 3. The Kier molecular flexibility index (Phi) is 7.03. The third kappa shape index (κ3) is 4.49. The summed E-state index contributed by atoms with van der Waals surface area (Å²) in [5.74, 6) is 2.01. The van der Waals surface area contributed by atoms with Gasteiger partial charge >= 0.3 is 0 Å². The molecule has 3 heterocycles. The minimum atomic E-state index is -0.00701. The van der Waals surface area contributed by atoms with Crippen LogP contribution in [0, 0.1) is 5.92 Å². The van der Waals surface area contributed by atoms with Crippen LogP contribution in [-0.4, -0.2) is 52.4 Å². The lowest BCUT2D eigenvalue weighted by molar-refractivity contribution is 0.0735. The summed E-state index contributed by atoms with van der Waals surface area (Å²) in [7, 11) is 3.29. The molecular formula is C28H37N5O3. The molecule has 1 aromatic carbocycles. The maximum absolute atomic E-state index is 13.9. The fourth-order valence-corrected chi connectivity index (χ4v) is 5.78. The normalized spacial score (nSPS) is 17.1. The summed E-state index contributed by atoms with van der Waals surface area (Å²) in [6.45, 7) is 6.20. The fraction of sp³-hybridized carbons (Fsp3) is 0.536. The van der Waals surface area contributed by atoms with Crippen LogP contribution in [0.3, 0.4) is 0 Å². The minimum Gasteiger partial charge on any atom is -0.493 e. The number of fused-ring (bicyclic) bond motifs is 2. The Hall–Kier alpha value is -3.29. The summed E-state index contributed by atoms with van der Waals surface area (Å²) in [6, 6.07) is 4.29. The average Bonchev–Trinajstić information content (AvgIpc) is 3.35. The highest BCUT2D eigenvalue weighted by atomic mass is 16.5. The quantitative estimate of drug-likeness (QED) is 0.498. The van der Waals surface area contributed by atoms with Gasteiger partial charge in [0.2, 0.25) is 0 Å². The van der Waals surface area contributed by atoms with Crippen molar-refractivity contribution in [2.75, 3.05) is 26.1 Å². The van der Waals surface area contributed by atoms with E-state index in [1.165, 1.54) is 37.7 Å². The van der Waals surface area contributed by atoms with E-state index in [0.29, 0.717) is 30.3 Å². The summed E-state index contributed by atoms with van der Waals surface area (Å²) in [5.41, 5.74) is 4.57. The van der Waals surface area contributed by atoms with Crippen LogP contribution in [0.25, 0.3) is 11.0 Å². The SMILES string of the molecule is CCn1ncc2c(NC(C)C3CCCCC3)c(C(=O)N3CCc4cc(OC)c(OC)cc4C3)cnc21. The molecule has 1 aliphatic carbocycles. The van der Waals surface area contributed by atoms with Crippen molar-refractivity contribution in [2.45, 2.75) is 71.5 Å². The van der Waals surface area contributed by atoms with E-state index in [2.05, 4.69) is 29.2 Å². The molecule has 3 aromatic rings. The van der Waals surface area contributed by atoms with E-state index < -0.39 is 0 Å². The first kappa shape index (κ1) is 24.4. The number of carbonyl (C=O) groups excluding carboxylic acids is 1. The molecule has 0 spiro atoms. The van der Waals surface area contributed by atoms with Gasteiger partial charge in [0.05, 0.1) is 37.1 Å². The number of hydrogen-bond donors (Lipinski definition) is 1. The average molecular weight is 492 g/mol. The van der Waals surface area contributed by atoms with Gasteiger partial charge in [0.15, 0.2) is 17.1 Å². The number of ether oxygens (including phenoxy) is 2. The van der Waals surface area contributed by atoms with Gasteiger partial charge in [-0.25, -0.2) is 9.67 Å². The van der Waals surface area contributed by atoms with Gasteiger partial charge in [-0.2, -0.15) is 5.10 Å². The Morgan fingerprint density at radius 1 is 1.11 bits per heavy atom. The maximum Gasteiger partial charge on any atom is 0.257 e. The molecule has 1 aliphatic heterocycles. The van der Waals surface area contributed by atoms with Gasteiger partial charge in [-0.05, 0) is 62.3 Å². The van der Waals surface area contributed by atoms with Crippen LogP contribution >= 0.6 is 0 Å². The topological polar surface area (TPSA) is 81.5 Å². The van der Waals surface area contributed by atoms with Gasteiger partial charge < -0.3 is 19.7 Å². The summed E-state index contributed by atoms with van der Waals surface area (Å²) < 4.78 is 12.9. The highest BCUT2D eigenvalue weighted by molar-refractivity contribution is 6.06. The van der Waals surface area contributed by atoms with Crippen molar-refractivity contribution in [3.8, 4) is 11.5 Å². The van der Waals surface area contributed by atoms with Gasteiger partial charge in [0, 0.05) is 31.9 Å². The van der Waals surface area contributed by atoms with E-state index in [4.69, 9.17) is 9.47 Å². The van der Waals surface area contributed by atoms with Gasteiger partial charge in [-0.1, -0.05) is 19.3 Å². The molecular weight excluding hydrogens is 454 g/mol. The van der Waals surface area contributed by atoms with Crippen LogP contribution < -0.4 is 14.8 Å². The standard InChI is InChI=1S/C28H37N5O3/c1-5-33-27-22(16-30-33)26(31-18(2)19-9-7-6-8-10-19)23(15-29-27)28(34)32-12-11-20-13-24(35-3)25(36-4)14-21(20)17-32/h13-16,18-19H,5-12,17H2,1-4H3,(H,29,31). The van der Waals surface area contributed by atoms with Crippen molar-refractivity contribution >= 4 is 22.6 Å². The lowest BCUT2D eigenvalue weighted by Crippen LogP contribution is -2.37. The largest absolute Gasteiger partial charge is 0.493 e. The monoisotopic (exact) mass is 491 g/mol. The lowest BCUT2D eigenvalue weighted by Gasteiger charge is -2.32. The molecule has 1 amide bonds. The third-order valence-electron chi connectivity index (χ3n) is 7.93. The fourth-order valence-electron chi connectivity index (χ4n) is 5.78. The van der Waals surface area contributed by atoms with Crippen molar-refractivity contribution in [1.29, 1.82) is 0 Å². The van der Waals surface area contributed by atoms with Crippen LogP contribution in [0.5, 0.6) is 11.5 Å². The number of aryl methyl sites for hydroxylation is 1. The first-order valence-corrected chi connectivity index (χ1v) is 13.2. The van der Waals surface area contributed by atoms with E-state index >= 15 is 0 Å². The molecule has 36 heavy (non-hydrogen) atoms. The third-order valence-corrected chi connectivity index (χ3v) is 7.93. The number of benzene rings is 1. The molecule has 2 aromatic heterocycles. The van der Waals surface area contributed by atoms with Crippen molar-refractivity contribution in [3.63, 3.8) is 0 Å². The van der Waals surface area contributed by atoms with E-state index in [9.17, 15) is 4.79 Å². The number of hydrogen-bond acceptors (Lipinski definition) is 6. The van der Waals surface area contributed by atoms with Crippen LogP contribution in [0.2, 0.25) is 0 Å². The Morgan fingerprint density at radius 3 is 2.53 bits per heavy atom. The van der Waals surface area contributed by atoms with Gasteiger partial charge in [0.25, 0.3) is 5.91 Å². The Morgan fingerprint density at radius 2 is 1.83 bits per heavy atom. The highest BCUT2D eigenvalue weighted by Gasteiger charge is 2.29. The predicted octanol–water partition coefficient (Wildman–Crippen LogP) is 5.05. The van der Waals surface area contributed by atoms with Crippen molar-refractivity contribution < 1.29 is 14.3 Å². The first-order chi connectivity index (χ1) is 17.5. The summed E-state index contributed by atoms with van der Waals surface area (Å²) in [5, 5.41) is 9.20. The number of carbonyl (C=O) groups is 1. The van der Waals surface area contributed by atoms with Crippen molar-refractivity contribution in [1.82, 2.24) is 19.7 Å². The minimum absolute atomic E-state index is 0.00701. The molecule has 2 aliphatic rings. The molecule has 1 fully saturated rings. The van der Waals surface area contributed by atoms with E-state index in [1.54, 1.807) is 20.4 Å². The number of anilines is 1. The smallest absolute Gasteiger partial charge is 0.257 e. The lowest BCUT2D eigenvalue weighted by atomic mass is 9.84. The number of rotatable bonds is 7. The molecule has 8 heteroatoms. The molecule has 1 atom stereocenters. The van der Waals surface area contributed by atoms with Gasteiger partial charge in [-0.3, -0.25) is 4.79 Å². The number of nitrogens with one attached hydrogen (secondary N) is 1. The number of amides is 1. The van der Waals surface area contributed by atoms with Gasteiger partial charge in [-0.15, -0.1) is 0 Å². The predicted molar refractivity (Wildman–Crippen MR) is 141 cm³/mol. The second kappa shape index (κ2) is 10.4. The number of nitrogens with zero attached hydrogens (tertiary/aromatic N) is 4. The molecule has 5 rings (SSSR count). The summed E-state index contributed by atoms with van der Waals surface area (Å²) in [4.78, 5) is 20.5. The van der Waals surface area contributed by atoms with Crippen molar-refractivity contribution in [2.24, 2.45) is 5.92 Å². The van der Waals surface area contributed by atoms with Crippen LogP contribution in [0.4, 0.5) is 5.69 Å². The molecule has 1 saturated carbocycles. The number of pyridine rings is 1. The molecule has 8 nitrogen and oxygen atoms in total. The Balaban J connectivity index is 1.47. The van der Waals surface area contributed by atoms with Crippen LogP contribution in [0.15, 0.2) is 24.5 Å². The maximum atomic E-state index is 13.9. The summed E-state index contributed by atoms with van der Waals surface area (Å²) >= 11 is 0. The van der Waals surface area contributed by atoms with Gasteiger partial charge in [0.1, 0.15) is 0 Å². The Bertz CT molecular complexity index is 1250. The molecule has 192 valence electrons. The molecule has 0 radical (unpaired) electrons. The first-order valence-electron chi connectivity index (χ1n) is 13.2. The second-order valence-electron chi connectivity index (χ2n) is 10.0. The zero-order valence-electron chi connectivity index (χ0n) is 21.8. The van der Waals surface area contributed by atoms with Crippen molar-refractivity contribution in [3.05, 3.63) is 41.2 Å². The van der Waals surface area contributed by atoms with E-state index in [-0.39, 0.29) is 11.9 Å². The molecule has 0 saturated heterocycles. The summed E-state index contributed by atoms with van der Waals surface area (Å²) in [6.07, 6.45) is 10.7. The number of methoxy groups -OCH3 is 2. The van der Waals surface area contributed by atoms with Crippen LogP contribution in [0.1, 0.15) is 67.4 Å². The Labute approximate surface area is 213 Å². The molecule has 1 unspecified atom stereocenters. The van der Waals surface area contributed by atoms with E-state index in [0.717, 1.165) is 41.0 Å². The second-order valence-corrected chi connectivity index (χ2v) is 10.0.